The van der Waals surface area contributed by atoms with Crippen LogP contribution in [0.1, 0.15) is 38.5 Å². The second-order valence-electron chi connectivity index (χ2n) is 6.08. The van der Waals surface area contributed by atoms with E-state index in [2.05, 4.69) is 0 Å². The van der Waals surface area contributed by atoms with Crippen molar-refractivity contribution in [1.29, 1.82) is 0 Å². The van der Waals surface area contributed by atoms with Gasteiger partial charge in [0.25, 0.3) is 0 Å². The molecule has 0 radical (unpaired) electrons. The van der Waals surface area contributed by atoms with Crippen LogP contribution in [0.15, 0.2) is 0 Å². The predicted molar refractivity (Wildman–Crippen MR) is 70.7 cm³/mol. The lowest BCUT2D eigenvalue weighted by Gasteiger charge is -2.39. The number of rotatable bonds is 2. The summed E-state index contributed by atoms with van der Waals surface area (Å²) >= 11 is 0. The summed E-state index contributed by atoms with van der Waals surface area (Å²) in [7, 11) is 0. The Kier molecular flexibility index (Phi) is 3.78. The number of amides is 1. The van der Waals surface area contributed by atoms with Crippen molar-refractivity contribution in [3.63, 3.8) is 0 Å². The number of morpholine rings is 1. The highest BCUT2D eigenvalue weighted by atomic mass is 16.5. The molecule has 0 aromatic heterocycles. The van der Waals surface area contributed by atoms with Crippen LogP contribution in [0.2, 0.25) is 0 Å². The van der Waals surface area contributed by atoms with E-state index < -0.39 is 5.54 Å². The maximum absolute atomic E-state index is 12.6. The van der Waals surface area contributed by atoms with Gasteiger partial charge in [0.05, 0.1) is 18.2 Å². The van der Waals surface area contributed by atoms with Crippen molar-refractivity contribution in [1.82, 2.24) is 4.90 Å². The van der Waals surface area contributed by atoms with E-state index in [0.717, 1.165) is 45.1 Å². The van der Waals surface area contributed by atoms with Crippen molar-refractivity contribution in [3.05, 3.63) is 0 Å². The lowest BCUT2D eigenvalue weighted by Crippen LogP contribution is -2.58. The normalized spacial score (nSPS) is 34.7. The van der Waals surface area contributed by atoms with Crippen molar-refractivity contribution >= 4 is 5.91 Å². The number of carbonyl (C=O) groups excluding carboxylic acids is 1. The van der Waals surface area contributed by atoms with Gasteiger partial charge in [-0.1, -0.05) is 12.8 Å². The van der Waals surface area contributed by atoms with Gasteiger partial charge in [-0.05, 0) is 25.7 Å². The van der Waals surface area contributed by atoms with Crippen LogP contribution in [0.3, 0.4) is 0 Å². The van der Waals surface area contributed by atoms with Crippen molar-refractivity contribution in [2.45, 2.75) is 56.3 Å². The lowest BCUT2D eigenvalue weighted by molar-refractivity contribution is -0.150. The zero-order valence-electron chi connectivity index (χ0n) is 11.5. The van der Waals surface area contributed by atoms with Crippen LogP contribution in [0.4, 0.5) is 0 Å². The average molecular weight is 268 g/mol. The summed E-state index contributed by atoms with van der Waals surface area (Å²) in [5.74, 6) is 0.122. The molecule has 0 aromatic carbocycles. The van der Waals surface area contributed by atoms with Gasteiger partial charge in [-0.3, -0.25) is 4.79 Å². The zero-order valence-corrected chi connectivity index (χ0v) is 11.5. The third kappa shape index (κ3) is 2.64. The van der Waals surface area contributed by atoms with Crippen LogP contribution < -0.4 is 5.73 Å². The van der Waals surface area contributed by atoms with Gasteiger partial charge in [0.2, 0.25) is 5.91 Å². The summed E-state index contributed by atoms with van der Waals surface area (Å²) in [6.45, 7) is 2.73. The molecule has 2 N–H and O–H groups in total. The van der Waals surface area contributed by atoms with Crippen LogP contribution >= 0.6 is 0 Å². The number of nitrogens with zero attached hydrogens (tertiary/aromatic N) is 1. The Morgan fingerprint density at radius 3 is 2.53 bits per heavy atom. The monoisotopic (exact) mass is 268 g/mol. The topological polar surface area (TPSA) is 64.8 Å². The minimum Gasteiger partial charge on any atom is -0.375 e. The molecule has 2 saturated heterocycles. The average Bonchev–Trinajstić information content (AvgIpc) is 3.10. The summed E-state index contributed by atoms with van der Waals surface area (Å²) in [5, 5.41) is 0. The first-order valence-electron chi connectivity index (χ1n) is 7.50. The smallest absolute Gasteiger partial charge is 0.242 e. The Labute approximate surface area is 114 Å². The summed E-state index contributed by atoms with van der Waals surface area (Å²) in [6, 6.07) is 0. The third-order valence-electron chi connectivity index (χ3n) is 4.68. The molecule has 2 aliphatic heterocycles. The first-order chi connectivity index (χ1) is 9.19. The summed E-state index contributed by atoms with van der Waals surface area (Å²) < 4.78 is 11.5. The van der Waals surface area contributed by atoms with E-state index in [1.165, 1.54) is 0 Å². The lowest BCUT2D eigenvalue weighted by atomic mass is 9.96. The molecule has 3 fully saturated rings. The zero-order chi connectivity index (χ0) is 13.3. The molecule has 5 nitrogen and oxygen atoms in total. The molecule has 0 unspecified atom stereocenters. The number of hydrogen-bond acceptors (Lipinski definition) is 4. The SMILES string of the molecule is NC1(C(=O)N2CCO[C@H]([C@H]3CCCO3)C2)CCCC1. The molecule has 0 bridgehead atoms. The largest absolute Gasteiger partial charge is 0.375 e. The maximum Gasteiger partial charge on any atom is 0.242 e. The van der Waals surface area contributed by atoms with E-state index in [9.17, 15) is 4.79 Å². The van der Waals surface area contributed by atoms with Gasteiger partial charge in [0.1, 0.15) is 6.10 Å². The molecule has 108 valence electrons. The molecular weight excluding hydrogens is 244 g/mol. The highest BCUT2D eigenvalue weighted by Crippen LogP contribution is 2.30. The van der Waals surface area contributed by atoms with Gasteiger partial charge >= 0.3 is 0 Å². The second kappa shape index (κ2) is 5.38. The van der Waals surface area contributed by atoms with Gasteiger partial charge in [-0.15, -0.1) is 0 Å². The molecule has 3 rings (SSSR count). The first-order valence-corrected chi connectivity index (χ1v) is 7.50. The first kappa shape index (κ1) is 13.3. The summed E-state index contributed by atoms with van der Waals surface area (Å²) in [5.41, 5.74) is 5.66. The molecule has 1 saturated carbocycles. The van der Waals surface area contributed by atoms with Crippen molar-refractivity contribution < 1.29 is 14.3 Å². The molecule has 3 aliphatic rings. The Bertz CT molecular complexity index is 336. The van der Waals surface area contributed by atoms with Gasteiger partial charge in [0, 0.05) is 19.7 Å². The molecule has 2 atom stereocenters. The minimum atomic E-state index is -0.613. The van der Waals surface area contributed by atoms with Crippen LogP contribution in [-0.2, 0) is 14.3 Å². The molecule has 0 spiro atoms. The third-order valence-corrected chi connectivity index (χ3v) is 4.68. The highest BCUT2D eigenvalue weighted by molar-refractivity contribution is 5.86. The number of ether oxygens (including phenoxy) is 2. The quantitative estimate of drug-likeness (QED) is 0.799. The maximum atomic E-state index is 12.6. The second-order valence-corrected chi connectivity index (χ2v) is 6.08. The van der Waals surface area contributed by atoms with E-state index in [1.54, 1.807) is 0 Å². The minimum absolute atomic E-state index is 0.0326. The fourth-order valence-corrected chi connectivity index (χ4v) is 3.52. The number of nitrogens with two attached hydrogens (primary N) is 1. The van der Waals surface area contributed by atoms with Crippen LogP contribution in [-0.4, -0.2) is 54.9 Å². The molecule has 1 amide bonds. The van der Waals surface area contributed by atoms with Crippen LogP contribution in [0.5, 0.6) is 0 Å². The Hall–Kier alpha value is -0.650. The van der Waals surface area contributed by atoms with Crippen molar-refractivity contribution in [2.24, 2.45) is 5.73 Å². The van der Waals surface area contributed by atoms with E-state index >= 15 is 0 Å². The van der Waals surface area contributed by atoms with Gasteiger partial charge < -0.3 is 20.1 Å². The summed E-state index contributed by atoms with van der Waals surface area (Å²) in [6.07, 6.45) is 6.13. The summed E-state index contributed by atoms with van der Waals surface area (Å²) in [4.78, 5) is 14.5. The fraction of sp³-hybridized carbons (Fsp3) is 0.929. The van der Waals surface area contributed by atoms with Crippen molar-refractivity contribution in [2.75, 3.05) is 26.3 Å². The Morgan fingerprint density at radius 1 is 1.11 bits per heavy atom. The predicted octanol–water partition coefficient (Wildman–Crippen LogP) is 0.664. The standard InChI is InChI=1S/C14H24N2O3/c15-14(5-1-2-6-14)13(17)16-7-9-19-12(10-16)11-4-3-8-18-11/h11-12H,1-10,15H2/t11-,12+/m1/s1. The van der Waals surface area contributed by atoms with Gasteiger partial charge in [-0.2, -0.15) is 0 Å². The molecular formula is C14H24N2O3. The van der Waals surface area contributed by atoms with Gasteiger partial charge in [0.15, 0.2) is 0 Å². The molecule has 19 heavy (non-hydrogen) atoms. The Balaban J connectivity index is 1.62. The highest BCUT2D eigenvalue weighted by Gasteiger charge is 2.42. The molecule has 1 aliphatic carbocycles. The van der Waals surface area contributed by atoms with Crippen LogP contribution in [0, 0.1) is 0 Å². The molecule has 2 heterocycles. The molecule has 5 heteroatoms. The van der Waals surface area contributed by atoms with E-state index in [1.807, 2.05) is 4.90 Å². The van der Waals surface area contributed by atoms with E-state index in [4.69, 9.17) is 15.2 Å². The van der Waals surface area contributed by atoms with Crippen LogP contribution in [0.25, 0.3) is 0 Å². The van der Waals surface area contributed by atoms with E-state index in [0.29, 0.717) is 19.7 Å². The fourth-order valence-electron chi connectivity index (χ4n) is 3.52. The van der Waals surface area contributed by atoms with Gasteiger partial charge in [-0.25, -0.2) is 0 Å². The Morgan fingerprint density at radius 2 is 1.84 bits per heavy atom. The van der Waals surface area contributed by atoms with Crippen molar-refractivity contribution in [3.8, 4) is 0 Å². The number of carbonyl (C=O) groups is 1. The number of hydrogen-bond donors (Lipinski definition) is 1. The molecule has 0 aromatic rings. The van der Waals surface area contributed by atoms with E-state index in [-0.39, 0.29) is 18.1 Å².